The van der Waals surface area contributed by atoms with E-state index < -0.39 is 0 Å². The monoisotopic (exact) mass is 435 g/mol. The van der Waals surface area contributed by atoms with Crippen LogP contribution in [-0.4, -0.2) is 58.4 Å². The Morgan fingerprint density at radius 3 is 2.59 bits per heavy atom. The minimum Gasteiger partial charge on any atom is -0.493 e. The van der Waals surface area contributed by atoms with Gasteiger partial charge in [0, 0.05) is 11.6 Å². The standard InChI is InChI=1S/C21H21N7O4/c1-30-16-6-4-13(8-17(16)31-2)15-9-19-24-12-25-28(19)21(27-15)26-14-5-7-18(22-10-14)23-11-20(29)32-3/h4-10,12H,11H2,1-3H3,(H,22,23)(H,26,27). The number of rotatable bonds is 8. The normalized spacial score (nSPS) is 10.6. The highest BCUT2D eigenvalue weighted by molar-refractivity contribution is 5.74. The Balaban J connectivity index is 1.62. The average Bonchev–Trinajstić information content (AvgIpc) is 3.32. The van der Waals surface area contributed by atoms with Crippen LogP contribution in [-0.2, 0) is 9.53 Å². The molecule has 1 aromatic carbocycles. The van der Waals surface area contributed by atoms with Gasteiger partial charge >= 0.3 is 5.97 Å². The van der Waals surface area contributed by atoms with E-state index in [0.717, 1.165) is 5.56 Å². The number of pyridine rings is 1. The van der Waals surface area contributed by atoms with Gasteiger partial charge in [-0.2, -0.15) is 9.61 Å². The maximum absolute atomic E-state index is 11.3. The molecule has 164 valence electrons. The summed E-state index contributed by atoms with van der Waals surface area (Å²) >= 11 is 0. The van der Waals surface area contributed by atoms with Crippen LogP contribution in [0.15, 0.2) is 48.9 Å². The molecule has 3 heterocycles. The van der Waals surface area contributed by atoms with Crippen LogP contribution < -0.4 is 20.1 Å². The van der Waals surface area contributed by atoms with Gasteiger partial charge < -0.3 is 24.8 Å². The number of carbonyl (C=O) groups is 1. The summed E-state index contributed by atoms with van der Waals surface area (Å²) in [6.45, 7) is 0.0325. The van der Waals surface area contributed by atoms with Crippen molar-refractivity contribution in [1.82, 2.24) is 24.6 Å². The van der Waals surface area contributed by atoms with Crippen molar-refractivity contribution in [3.05, 3.63) is 48.9 Å². The van der Waals surface area contributed by atoms with Crippen molar-refractivity contribution < 1.29 is 19.0 Å². The lowest BCUT2D eigenvalue weighted by Crippen LogP contribution is -2.15. The third-order valence-electron chi connectivity index (χ3n) is 4.61. The first-order valence-electron chi connectivity index (χ1n) is 9.58. The van der Waals surface area contributed by atoms with E-state index in [1.165, 1.54) is 13.4 Å². The zero-order valence-electron chi connectivity index (χ0n) is 17.7. The minimum atomic E-state index is -0.376. The predicted molar refractivity (Wildman–Crippen MR) is 117 cm³/mol. The smallest absolute Gasteiger partial charge is 0.325 e. The summed E-state index contributed by atoms with van der Waals surface area (Å²) in [6, 6.07) is 10.9. The van der Waals surface area contributed by atoms with Gasteiger partial charge in [-0.3, -0.25) is 4.79 Å². The first kappa shape index (κ1) is 20.8. The molecule has 4 aromatic rings. The van der Waals surface area contributed by atoms with Crippen LogP contribution in [0, 0.1) is 0 Å². The van der Waals surface area contributed by atoms with Crippen LogP contribution in [0.1, 0.15) is 0 Å². The Kier molecular flexibility index (Phi) is 5.97. The average molecular weight is 435 g/mol. The second-order valence-electron chi connectivity index (χ2n) is 6.55. The van der Waals surface area contributed by atoms with E-state index in [9.17, 15) is 4.79 Å². The largest absolute Gasteiger partial charge is 0.493 e. The van der Waals surface area contributed by atoms with E-state index in [1.807, 2.05) is 24.3 Å². The second-order valence-corrected chi connectivity index (χ2v) is 6.55. The summed E-state index contributed by atoms with van der Waals surface area (Å²) in [6.07, 6.45) is 3.08. The highest BCUT2D eigenvalue weighted by atomic mass is 16.5. The van der Waals surface area contributed by atoms with E-state index in [2.05, 4.69) is 30.4 Å². The maximum Gasteiger partial charge on any atom is 0.325 e. The number of esters is 1. The second kappa shape index (κ2) is 9.16. The molecule has 0 fully saturated rings. The molecule has 2 N–H and O–H groups in total. The molecule has 0 bridgehead atoms. The number of fused-ring (bicyclic) bond motifs is 1. The number of aromatic nitrogens is 5. The van der Waals surface area contributed by atoms with Crippen LogP contribution in [0.2, 0.25) is 0 Å². The van der Waals surface area contributed by atoms with Crippen LogP contribution in [0.25, 0.3) is 16.9 Å². The lowest BCUT2D eigenvalue weighted by Gasteiger charge is -2.12. The van der Waals surface area contributed by atoms with E-state index in [-0.39, 0.29) is 12.5 Å². The van der Waals surface area contributed by atoms with Crippen molar-refractivity contribution in [3.8, 4) is 22.8 Å². The third-order valence-corrected chi connectivity index (χ3v) is 4.61. The SMILES string of the molecule is COC(=O)CNc1ccc(Nc2nc(-c3ccc(OC)c(OC)c3)cc3ncnn23)cn1. The van der Waals surface area contributed by atoms with Gasteiger partial charge in [0.2, 0.25) is 5.95 Å². The molecular weight excluding hydrogens is 414 g/mol. The van der Waals surface area contributed by atoms with Crippen LogP contribution >= 0.6 is 0 Å². The topological polar surface area (TPSA) is 125 Å². The first-order chi connectivity index (χ1) is 15.6. The number of hydrogen-bond acceptors (Lipinski definition) is 10. The predicted octanol–water partition coefficient (Wildman–Crippen LogP) is 2.53. The number of benzene rings is 1. The Morgan fingerprint density at radius 2 is 1.88 bits per heavy atom. The van der Waals surface area contributed by atoms with Gasteiger partial charge in [0.25, 0.3) is 0 Å². The molecule has 0 aliphatic carbocycles. The number of nitrogens with one attached hydrogen (secondary N) is 2. The maximum atomic E-state index is 11.3. The number of anilines is 3. The molecule has 3 aromatic heterocycles. The van der Waals surface area contributed by atoms with Crippen molar-refractivity contribution in [2.45, 2.75) is 0 Å². The molecule has 0 unspecified atom stereocenters. The number of nitrogens with zero attached hydrogens (tertiary/aromatic N) is 5. The molecule has 0 aliphatic heterocycles. The minimum absolute atomic E-state index is 0.0325. The van der Waals surface area contributed by atoms with E-state index in [0.29, 0.717) is 40.3 Å². The van der Waals surface area contributed by atoms with Gasteiger partial charge in [-0.15, -0.1) is 0 Å². The molecule has 32 heavy (non-hydrogen) atoms. The molecular formula is C21H21N7O4. The molecule has 0 atom stereocenters. The van der Waals surface area contributed by atoms with E-state index >= 15 is 0 Å². The fourth-order valence-electron chi connectivity index (χ4n) is 2.99. The van der Waals surface area contributed by atoms with Crippen molar-refractivity contribution in [2.75, 3.05) is 38.5 Å². The molecule has 0 spiro atoms. The van der Waals surface area contributed by atoms with Gasteiger partial charge in [-0.1, -0.05) is 0 Å². The van der Waals surface area contributed by atoms with Crippen molar-refractivity contribution in [2.24, 2.45) is 0 Å². The van der Waals surface area contributed by atoms with Crippen LogP contribution in [0.5, 0.6) is 11.5 Å². The Morgan fingerprint density at radius 1 is 1.03 bits per heavy atom. The van der Waals surface area contributed by atoms with E-state index in [1.54, 1.807) is 37.1 Å². The molecule has 0 saturated heterocycles. The summed E-state index contributed by atoms with van der Waals surface area (Å²) in [5.74, 6) is 1.85. The highest BCUT2D eigenvalue weighted by Gasteiger charge is 2.13. The molecule has 11 nitrogen and oxygen atoms in total. The van der Waals surface area contributed by atoms with Gasteiger partial charge in [0.1, 0.15) is 18.7 Å². The highest BCUT2D eigenvalue weighted by Crippen LogP contribution is 2.32. The zero-order valence-corrected chi connectivity index (χ0v) is 17.7. The molecule has 4 rings (SSSR count). The fourth-order valence-corrected chi connectivity index (χ4v) is 2.99. The Labute approximate surface area is 183 Å². The fraction of sp³-hybridized carbons (Fsp3) is 0.190. The summed E-state index contributed by atoms with van der Waals surface area (Å²) in [5.41, 5.74) is 2.81. The number of hydrogen-bond donors (Lipinski definition) is 2. The number of methoxy groups -OCH3 is 3. The van der Waals surface area contributed by atoms with Crippen molar-refractivity contribution in [1.29, 1.82) is 0 Å². The Bertz CT molecular complexity index is 1240. The molecule has 0 radical (unpaired) electrons. The van der Waals surface area contributed by atoms with Crippen LogP contribution in [0.3, 0.4) is 0 Å². The van der Waals surface area contributed by atoms with Gasteiger partial charge in [0.05, 0.1) is 38.9 Å². The van der Waals surface area contributed by atoms with Gasteiger partial charge in [0.15, 0.2) is 17.1 Å². The number of ether oxygens (including phenoxy) is 3. The summed E-state index contributed by atoms with van der Waals surface area (Å²) < 4.78 is 16.9. The molecule has 0 saturated carbocycles. The van der Waals surface area contributed by atoms with Gasteiger partial charge in [-0.25, -0.2) is 15.0 Å². The summed E-state index contributed by atoms with van der Waals surface area (Å²) in [7, 11) is 4.50. The molecule has 0 aliphatic rings. The lowest BCUT2D eigenvalue weighted by molar-refractivity contribution is -0.138. The van der Waals surface area contributed by atoms with E-state index in [4.69, 9.17) is 14.5 Å². The third kappa shape index (κ3) is 4.36. The van der Waals surface area contributed by atoms with Gasteiger partial charge in [-0.05, 0) is 30.3 Å². The Hall–Kier alpha value is -4.41. The first-order valence-corrected chi connectivity index (χ1v) is 9.58. The molecule has 0 amide bonds. The zero-order chi connectivity index (χ0) is 22.5. The summed E-state index contributed by atoms with van der Waals surface area (Å²) in [5, 5.41) is 10.3. The van der Waals surface area contributed by atoms with Crippen molar-refractivity contribution >= 4 is 29.1 Å². The number of carbonyl (C=O) groups excluding carboxylic acids is 1. The van der Waals surface area contributed by atoms with Crippen LogP contribution in [0.4, 0.5) is 17.5 Å². The van der Waals surface area contributed by atoms with Crippen molar-refractivity contribution in [3.63, 3.8) is 0 Å². The molecule has 11 heteroatoms. The summed E-state index contributed by atoms with van der Waals surface area (Å²) in [4.78, 5) is 24.5. The quantitative estimate of drug-likeness (QED) is 0.399. The lowest BCUT2D eigenvalue weighted by atomic mass is 10.1.